The van der Waals surface area contributed by atoms with Crippen LogP contribution in [0.15, 0.2) is 36.5 Å². The second-order valence-electron chi connectivity index (χ2n) is 4.03. The number of hydrogen-bond donors (Lipinski definition) is 1. The van der Waals surface area contributed by atoms with Gasteiger partial charge in [0.05, 0.1) is 5.02 Å². The van der Waals surface area contributed by atoms with Crippen molar-refractivity contribution in [1.29, 1.82) is 0 Å². The number of halogens is 1. The molecule has 0 atom stereocenters. The summed E-state index contributed by atoms with van der Waals surface area (Å²) in [6.45, 7) is 2.70. The van der Waals surface area contributed by atoms with Crippen LogP contribution in [0.3, 0.4) is 0 Å². The highest BCUT2D eigenvalue weighted by atomic mass is 35.5. The summed E-state index contributed by atoms with van der Waals surface area (Å²) in [5, 5.41) is 3.67. The van der Waals surface area contributed by atoms with Crippen molar-refractivity contribution in [3.63, 3.8) is 0 Å². The second-order valence-corrected chi connectivity index (χ2v) is 4.44. The minimum absolute atomic E-state index is 0.583. The lowest BCUT2D eigenvalue weighted by molar-refractivity contribution is 0.454. The van der Waals surface area contributed by atoms with E-state index >= 15 is 0 Å². The molecule has 0 aliphatic carbocycles. The zero-order chi connectivity index (χ0) is 13.0. The molecule has 1 heterocycles. The van der Waals surface area contributed by atoms with E-state index in [0.717, 1.165) is 11.1 Å². The molecule has 0 aliphatic heterocycles. The lowest BCUT2D eigenvalue weighted by atomic mass is 10.2. The Morgan fingerprint density at radius 2 is 2.17 bits per heavy atom. The molecule has 1 aromatic heterocycles. The zero-order valence-electron chi connectivity index (χ0n) is 10.4. The van der Waals surface area contributed by atoms with E-state index in [1.807, 2.05) is 44.3 Å². The SMILES string of the molecule is CNCc1cccnc1Oc1cc(C)ccc1Cl. The number of aryl methyl sites for hydroxylation is 1. The molecule has 0 fully saturated rings. The van der Waals surface area contributed by atoms with Crippen LogP contribution in [-0.4, -0.2) is 12.0 Å². The van der Waals surface area contributed by atoms with Crippen molar-refractivity contribution in [1.82, 2.24) is 10.3 Å². The summed E-state index contributed by atoms with van der Waals surface area (Å²) >= 11 is 6.11. The highest BCUT2D eigenvalue weighted by molar-refractivity contribution is 6.32. The van der Waals surface area contributed by atoms with Crippen LogP contribution >= 0.6 is 11.6 Å². The maximum absolute atomic E-state index is 6.11. The van der Waals surface area contributed by atoms with E-state index in [9.17, 15) is 0 Å². The highest BCUT2D eigenvalue weighted by Crippen LogP contribution is 2.30. The van der Waals surface area contributed by atoms with Gasteiger partial charge in [-0.25, -0.2) is 4.98 Å². The molecule has 18 heavy (non-hydrogen) atoms. The quantitative estimate of drug-likeness (QED) is 0.915. The Morgan fingerprint density at radius 3 is 2.94 bits per heavy atom. The van der Waals surface area contributed by atoms with Gasteiger partial charge in [-0.15, -0.1) is 0 Å². The summed E-state index contributed by atoms with van der Waals surface area (Å²) in [4.78, 5) is 4.24. The number of pyridine rings is 1. The molecular weight excluding hydrogens is 248 g/mol. The van der Waals surface area contributed by atoms with Crippen LogP contribution in [0.5, 0.6) is 11.6 Å². The van der Waals surface area contributed by atoms with Crippen molar-refractivity contribution in [2.75, 3.05) is 7.05 Å². The molecule has 0 amide bonds. The van der Waals surface area contributed by atoms with Crippen molar-refractivity contribution in [2.45, 2.75) is 13.5 Å². The maximum atomic E-state index is 6.11. The third kappa shape index (κ3) is 3.00. The summed E-state index contributed by atoms with van der Waals surface area (Å²) in [6.07, 6.45) is 1.71. The molecule has 0 radical (unpaired) electrons. The molecule has 1 aromatic carbocycles. The molecule has 0 unspecified atom stereocenters. The number of benzene rings is 1. The molecule has 0 spiro atoms. The number of ether oxygens (including phenoxy) is 1. The Hall–Kier alpha value is -1.58. The van der Waals surface area contributed by atoms with Crippen LogP contribution in [0, 0.1) is 6.92 Å². The van der Waals surface area contributed by atoms with Crippen LogP contribution in [0.4, 0.5) is 0 Å². The van der Waals surface area contributed by atoms with Gasteiger partial charge in [0.1, 0.15) is 5.75 Å². The molecule has 1 N–H and O–H groups in total. The summed E-state index contributed by atoms with van der Waals surface area (Å²) in [5.74, 6) is 1.21. The monoisotopic (exact) mass is 262 g/mol. The molecule has 2 aromatic rings. The number of hydrogen-bond acceptors (Lipinski definition) is 3. The van der Waals surface area contributed by atoms with Crippen molar-refractivity contribution in [3.05, 3.63) is 52.7 Å². The Kier molecular flexibility index (Phi) is 4.18. The Bertz CT molecular complexity index is 543. The average molecular weight is 263 g/mol. The molecule has 0 saturated carbocycles. The molecule has 2 rings (SSSR count). The van der Waals surface area contributed by atoms with Crippen molar-refractivity contribution in [2.24, 2.45) is 0 Å². The van der Waals surface area contributed by atoms with Gasteiger partial charge < -0.3 is 10.1 Å². The van der Waals surface area contributed by atoms with E-state index < -0.39 is 0 Å². The van der Waals surface area contributed by atoms with E-state index in [1.54, 1.807) is 6.20 Å². The topological polar surface area (TPSA) is 34.2 Å². The minimum Gasteiger partial charge on any atom is -0.437 e. The van der Waals surface area contributed by atoms with E-state index in [4.69, 9.17) is 16.3 Å². The number of nitrogens with zero attached hydrogens (tertiary/aromatic N) is 1. The predicted octanol–water partition coefficient (Wildman–Crippen LogP) is 3.56. The van der Waals surface area contributed by atoms with E-state index in [-0.39, 0.29) is 0 Å². The number of rotatable bonds is 4. The van der Waals surface area contributed by atoms with Gasteiger partial charge in [-0.3, -0.25) is 0 Å². The minimum atomic E-state index is 0.583. The van der Waals surface area contributed by atoms with Gasteiger partial charge in [0.15, 0.2) is 0 Å². The van der Waals surface area contributed by atoms with Gasteiger partial charge in [0, 0.05) is 18.3 Å². The molecule has 4 heteroatoms. The van der Waals surface area contributed by atoms with E-state index in [1.165, 1.54) is 0 Å². The first kappa shape index (κ1) is 12.9. The van der Waals surface area contributed by atoms with Crippen LogP contribution in [0.2, 0.25) is 5.02 Å². The van der Waals surface area contributed by atoms with Crippen molar-refractivity contribution < 1.29 is 4.74 Å². The van der Waals surface area contributed by atoms with Crippen LogP contribution < -0.4 is 10.1 Å². The molecule has 0 saturated heterocycles. The Morgan fingerprint density at radius 1 is 1.33 bits per heavy atom. The van der Waals surface area contributed by atoms with E-state index in [2.05, 4.69) is 10.3 Å². The fourth-order valence-electron chi connectivity index (χ4n) is 1.63. The van der Waals surface area contributed by atoms with Crippen molar-refractivity contribution >= 4 is 11.6 Å². The lowest BCUT2D eigenvalue weighted by Crippen LogP contribution is -2.07. The normalized spacial score (nSPS) is 10.4. The second kappa shape index (κ2) is 5.85. The Labute approximate surface area is 112 Å². The first-order valence-electron chi connectivity index (χ1n) is 5.73. The van der Waals surface area contributed by atoms with Crippen LogP contribution in [0.25, 0.3) is 0 Å². The zero-order valence-corrected chi connectivity index (χ0v) is 11.2. The predicted molar refractivity (Wildman–Crippen MR) is 73.3 cm³/mol. The molecule has 3 nitrogen and oxygen atoms in total. The number of nitrogens with one attached hydrogen (secondary N) is 1. The van der Waals surface area contributed by atoms with Crippen molar-refractivity contribution in [3.8, 4) is 11.6 Å². The standard InChI is InChI=1S/C14H15ClN2O/c1-10-5-6-12(15)13(8-10)18-14-11(9-16-2)4-3-7-17-14/h3-8,16H,9H2,1-2H3. The smallest absolute Gasteiger partial charge is 0.223 e. The first-order valence-corrected chi connectivity index (χ1v) is 6.11. The molecular formula is C14H15ClN2O. The lowest BCUT2D eigenvalue weighted by Gasteiger charge is -2.11. The summed E-state index contributed by atoms with van der Waals surface area (Å²) in [6, 6.07) is 9.54. The largest absolute Gasteiger partial charge is 0.437 e. The van der Waals surface area contributed by atoms with Crippen LogP contribution in [-0.2, 0) is 6.54 Å². The van der Waals surface area contributed by atoms with Crippen LogP contribution in [0.1, 0.15) is 11.1 Å². The summed E-state index contributed by atoms with van der Waals surface area (Å²) < 4.78 is 5.79. The Balaban J connectivity index is 2.30. The van der Waals surface area contributed by atoms with Gasteiger partial charge in [0.2, 0.25) is 5.88 Å². The van der Waals surface area contributed by atoms with Gasteiger partial charge in [-0.05, 0) is 37.7 Å². The molecule has 0 bridgehead atoms. The first-order chi connectivity index (χ1) is 8.70. The fourth-order valence-corrected chi connectivity index (χ4v) is 1.79. The van der Waals surface area contributed by atoms with Gasteiger partial charge >= 0.3 is 0 Å². The van der Waals surface area contributed by atoms with Gasteiger partial charge in [-0.1, -0.05) is 23.7 Å². The molecule has 0 aliphatic rings. The van der Waals surface area contributed by atoms with Gasteiger partial charge in [0.25, 0.3) is 0 Å². The number of aromatic nitrogens is 1. The third-order valence-electron chi connectivity index (χ3n) is 2.51. The highest BCUT2D eigenvalue weighted by Gasteiger charge is 2.08. The summed E-state index contributed by atoms with van der Waals surface area (Å²) in [7, 11) is 1.89. The van der Waals surface area contributed by atoms with Gasteiger partial charge in [-0.2, -0.15) is 0 Å². The summed E-state index contributed by atoms with van der Waals surface area (Å²) in [5.41, 5.74) is 2.10. The third-order valence-corrected chi connectivity index (χ3v) is 2.82. The van der Waals surface area contributed by atoms with E-state index in [0.29, 0.717) is 23.2 Å². The fraction of sp³-hybridized carbons (Fsp3) is 0.214. The maximum Gasteiger partial charge on any atom is 0.223 e. The molecule has 94 valence electrons. The average Bonchev–Trinajstić information content (AvgIpc) is 2.36.